The number of nitrogens with one attached hydrogen (secondary N) is 1. The molecular formula is C13H22N2O. The Balaban J connectivity index is 2.56. The lowest BCUT2D eigenvalue weighted by Crippen LogP contribution is -2.24. The molecule has 1 aromatic carbocycles. The van der Waals surface area contributed by atoms with Gasteiger partial charge in [0, 0.05) is 45.2 Å². The third-order valence-corrected chi connectivity index (χ3v) is 2.68. The van der Waals surface area contributed by atoms with E-state index in [1.807, 2.05) is 7.05 Å². The molecule has 0 aliphatic carbocycles. The molecule has 3 heteroatoms. The van der Waals surface area contributed by atoms with E-state index in [4.69, 9.17) is 4.74 Å². The van der Waals surface area contributed by atoms with Gasteiger partial charge < -0.3 is 15.0 Å². The van der Waals surface area contributed by atoms with E-state index in [9.17, 15) is 0 Å². The summed E-state index contributed by atoms with van der Waals surface area (Å²) in [5.41, 5.74) is 2.43. The first kappa shape index (κ1) is 12.8. The van der Waals surface area contributed by atoms with Crippen molar-refractivity contribution in [3.05, 3.63) is 24.3 Å². The predicted octanol–water partition coefficient (Wildman–Crippen LogP) is 2.59. The zero-order chi connectivity index (χ0) is 11.8. The normalized spacial score (nSPS) is 10.2. The highest BCUT2D eigenvalue weighted by Gasteiger charge is 2.03. The van der Waals surface area contributed by atoms with Crippen molar-refractivity contribution in [3.8, 4) is 0 Å². The van der Waals surface area contributed by atoms with Crippen LogP contribution < -0.4 is 10.2 Å². The molecule has 0 heterocycles. The van der Waals surface area contributed by atoms with Gasteiger partial charge in [-0.1, -0.05) is 0 Å². The van der Waals surface area contributed by atoms with Crippen LogP contribution in [0.15, 0.2) is 24.3 Å². The van der Waals surface area contributed by atoms with Crippen molar-refractivity contribution in [2.24, 2.45) is 0 Å². The topological polar surface area (TPSA) is 24.5 Å². The quantitative estimate of drug-likeness (QED) is 0.718. The minimum absolute atomic E-state index is 0.825. The van der Waals surface area contributed by atoms with Crippen LogP contribution in [0.3, 0.4) is 0 Å². The van der Waals surface area contributed by atoms with Gasteiger partial charge in [0.2, 0.25) is 0 Å². The number of methoxy groups -OCH3 is 1. The summed E-state index contributed by atoms with van der Waals surface area (Å²) in [5.74, 6) is 0. The van der Waals surface area contributed by atoms with Crippen molar-refractivity contribution in [3.63, 3.8) is 0 Å². The van der Waals surface area contributed by atoms with Crippen molar-refractivity contribution in [2.75, 3.05) is 44.1 Å². The van der Waals surface area contributed by atoms with Gasteiger partial charge in [0.05, 0.1) is 0 Å². The number of ether oxygens (including phenoxy) is 1. The molecule has 1 aromatic rings. The lowest BCUT2D eigenvalue weighted by molar-refractivity contribution is 0.196. The van der Waals surface area contributed by atoms with Crippen molar-refractivity contribution in [1.82, 2.24) is 0 Å². The summed E-state index contributed by atoms with van der Waals surface area (Å²) in [6, 6.07) is 8.52. The Kier molecular flexibility index (Phi) is 5.72. The maximum atomic E-state index is 5.07. The average molecular weight is 222 g/mol. The Bertz CT molecular complexity index is 284. The first-order valence-corrected chi connectivity index (χ1v) is 5.83. The van der Waals surface area contributed by atoms with E-state index in [-0.39, 0.29) is 0 Å². The number of nitrogens with zero attached hydrogens (tertiary/aromatic N) is 1. The Hall–Kier alpha value is -1.22. The molecule has 0 saturated heterocycles. The summed E-state index contributed by atoms with van der Waals surface area (Å²) in [5, 5.41) is 3.12. The molecule has 0 spiro atoms. The van der Waals surface area contributed by atoms with Gasteiger partial charge in [0.25, 0.3) is 0 Å². The van der Waals surface area contributed by atoms with Gasteiger partial charge in [0.15, 0.2) is 0 Å². The second kappa shape index (κ2) is 7.12. The summed E-state index contributed by atoms with van der Waals surface area (Å²) in [6.07, 6.45) is 1.07. The maximum absolute atomic E-state index is 5.07. The van der Waals surface area contributed by atoms with Gasteiger partial charge in [-0.3, -0.25) is 0 Å². The summed E-state index contributed by atoms with van der Waals surface area (Å²) in [7, 11) is 3.68. The number of hydrogen-bond acceptors (Lipinski definition) is 3. The van der Waals surface area contributed by atoms with Crippen LogP contribution in [0.4, 0.5) is 11.4 Å². The standard InChI is InChI=1S/C13H22N2O/c1-4-15(10-5-11-16-3)13-8-6-12(14-2)7-9-13/h6-9,14H,4-5,10-11H2,1-3H3. The largest absolute Gasteiger partial charge is 0.388 e. The zero-order valence-corrected chi connectivity index (χ0v) is 10.5. The van der Waals surface area contributed by atoms with E-state index in [0.29, 0.717) is 0 Å². The Labute approximate surface area is 98.4 Å². The maximum Gasteiger partial charge on any atom is 0.0479 e. The van der Waals surface area contributed by atoms with Crippen molar-refractivity contribution >= 4 is 11.4 Å². The molecule has 0 atom stereocenters. The van der Waals surface area contributed by atoms with Crippen molar-refractivity contribution in [2.45, 2.75) is 13.3 Å². The zero-order valence-electron chi connectivity index (χ0n) is 10.5. The molecule has 0 aliphatic heterocycles. The minimum Gasteiger partial charge on any atom is -0.388 e. The molecule has 3 nitrogen and oxygen atoms in total. The van der Waals surface area contributed by atoms with Gasteiger partial charge in [-0.25, -0.2) is 0 Å². The third-order valence-electron chi connectivity index (χ3n) is 2.68. The Morgan fingerprint density at radius 3 is 2.44 bits per heavy atom. The van der Waals surface area contributed by atoms with Gasteiger partial charge in [-0.2, -0.15) is 0 Å². The van der Waals surface area contributed by atoms with Crippen LogP contribution in [0, 0.1) is 0 Å². The lowest BCUT2D eigenvalue weighted by atomic mass is 10.2. The molecule has 0 unspecified atom stereocenters. The molecule has 0 saturated carbocycles. The highest BCUT2D eigenvalue weighted by molar-refractivity contribution is 5.54. The van der Waals surface area contributed by atoms with Gasteiger partial charge in [-0.15, -0.1) is 0 Å². The second-order valence-electron chi connectivity index (χ2n) is 3.72. The van der Waals surface area contributed by atoms with Crippen molar-refractivity contribution in [1.29, 1.82) is 0 Å². The van der Waals surface area contributed by atoms with Gasteiger partial charge in [0.1, 0.15) is 0 Å². The van der Waals surface area contributed by atoms with Crippen LogP contribution in [0.5, 0.6) is 0 Å². The number of hydrogen-bond donors (Lipinski definition) is 1. The summed E-state index contributed by atoms with van der Waals surface area (Å²) < 4.78 is 5.07. The molecular weight excluding hydrogens is 200 g/mol. The molecule has 1 rings (SSSR count). The van der Waals surface area contributed by atoms with Crippen LogP contribution in [0.2, 0.25) is 0 Å². The summed E-state index contributed by atoms with van der Waals surface area (Å²) in [4.78, 5) is 2.36. The number of anilines is 2. The fourth-order valence-corrected chi connectivity index (χ4v) is 1.71. The molecule has 16 heavy (non-hydrogen) atoms. The lowest BCUT2D eigenvalue weighted by Gasteiger charge is -2.23. The van der Waals surface area contributed by atoms with E-state index in [0.717, 1.165) is 31.8 Å². The van der Waals surface area contributed by atoms with Crippen LogP contribution in [-0.4, -0.2) is 33.9 Å². The first-order valence-electron chi connectivity index (χ1n) is 5.83. The van der Waals surface area contributed by atoms with Gasteiger partial charge >= 0.3 is 0 Å². The molecule has 1 N–H and O–H groups in total. The van der Waals surface area contributed by atoms with E-state index in [2.05, 4.69) is 41.4 Å². The monoisotopic (exact) mass is 222 g/mol. The van der Waals surface area contributed by atoms with Crippen LogP contribution >= 0.6 is 0 Å². The van der Waals surface area contributed by atoms with Gasteiger partial charge in [-0.05, 0) is 37.6 Å². The Morgan fingerprint density at radius 1 is 1.25 bits per heavy atom. The molecule has 90 valence electrons. The van der Waals surface area contributed by atoms with Crippen LogP contribution in [-0.2, 0) is 4.74 Å². The molecule has 0 aliphatic rings. The molecule has 0 amide bonds. The molecule has 0 bridgehead atoms. The number of benzene rings is 1. The van der Waals surface area contributed by atoms with E-state index in [1.165, 1.54) is 5.69 Å². The summed E-state index contributed by atoms with van der Waals surface area (Å²) in [6.45, 7) is 5.08. The molecule has 0 fully saturated rings. The molecule has 0 radical (unpaired) electrons. The van der Waals surface area contributed by atoms with Crippen LogP contribution in [0.1, 0.15) is 13.3 Å². The smallest absolute Gasteiger partial charge is 0.0479 e. The van der Waals surface area contributed by atoms with E-state index < -0.39 is 0 Å². The number of rotatable bonds is 7. The minimum atomic E-state index is 0.825. The van der Waals surface area contributed by atoms with Crippen LogP contribution in [0.25, 0.3) is 0 Å². The predicted molar refractivity (Wildman–Crippen MR) is 70.4 cm³/mol. The second-order valence-corrected chi connectivity index (χ2v) is 3.72. The third kappa shape index (κ3) is 3.74. The Morgan fingerprint density at radius 2 is 1.94 bits per heavy atom. The molecule has 0 aromatic heterocycles. The van der Waals surface area contributed by atoms with Crippen molar-refractivity contribution < 1.29 is 4.74 Å². The van der Waals surface area contributed by atoms with E-state index in [1.54, 1.807) is 7.11 Å². The fourth-order valence-electron chi connectivity index (χ4n) is 1.71. The highest BCUT2D eigenvalue weighted by Crippen LogP contribution is 2.17. The average Bonchev–Trinajstić information content (AvgIpc) is 2.35. The fraction of sp³-hybridized carbons (Fsp3) is 0.538. The first-order chi connectivity index (χ1) is 7.81. The highest BCUT2D eigenvalue weighted by atomic mass is 16.5. The van der Waals surface area contributed by atoms with E-state index >= 15 is 0 Å². The SMILES string of the molecule is CCN(CCCOC)c1ccc(NC)cc1. The summed E-state index contributed by atoms with van der Waals surface area (Å²) >= 11 is 0.